The topological polar surface area (TPSA) is 56.1 Å². The number of para-hydroxylation sites is 2. The van der Waals surface area contributed by atoms with Crippen LogP contribution in [0.4, 0.5) is 0 Å². The van der Waals surface area contributed by atoms with E-state index in [0.29, 0.717) is 13.2 Å². The first-order valence-electron chi connectivity index (χ1n) is 12.6. The molecule has 0 unspecified atom stereocenters. The molecule has 4 rings (SSSR count). The maximum absolute atomic E-state index is 12.4. The molecule has 3 aromatic carbocycles. The molecule has 5 nitrogen and oxygen atoms in total. The number of rotatable bonds is 10. The Hall–Kier alpha value is -3.86. The van der Waals surface area contributed by atoms with Gasteiger partial charge in [0, 0.05) is 12.6 Å². The number of hydrogen-bond acceptors (Lipinski definition) is 3. The Balaban J connectivity index is 1.31. The fourth-order valence-electron chi connectivity index (χ4n) is 4.08. The molecule has 0 atom stereocenters. The molecule has 1 N–H and O–H groups in total. The molecule has 0 aliphatic rings. The summed E-state index contributed by atoms with van der Waals surface area (Å²) in [6, 6.07) is 26.3. The monoisotopic (exact) mass is 481 g/mol. The van der Waals surface area contributed by atoms with Gasteiger partial charge in [-0.05, 0) is 59.7 Å². The van der Waals surface area contributed by atoms with Crippen LogP contribution in [-0.2, 0) is 23.3 Å². The molecule has 0 aliphatic carbocycles. The Labute approximate surface area is 213 Å². The summed E-state index contributed by atoms with van der Waals surface area (Å²) >= 11 is 0. The molecule has 1 aromatic heterocycles. The van der Waals surface area contributed by atoms with Crippen molar-refractivity contribution in [3.8, 4) is 5.75 Å². The van der Waals surface area contributed by atoms with E-state index < -0.39 is 0 Å². The van der Waals surface area contributed by atoms with Crippen molar-refractivity contribution >= 4 is 23.0 Å². The molecule has 0 saturated carbocycles. The first-order valence-corrected chi connectivity index (χ1v) is 12.6. The fourth-order valence-corrected chi connectivity index (χ4v) is 4.08. The Kier molecular flexibility index (Phi) is 8.21. The summed E-state index contributed by atoms with van der Waals surface area (Å²) in [5.41, 5.74) is 4.46. The molecule has 0 radical (unpaired) electrons. The van der Waals surface area contributed by atoms with E-state index in [-0.39, 0.29) is 11.3 Å². The van der Waals surface area contributed by atoms with E-state index in [1.165, 1.54) is 5.56 Å². The minimum atomic E-state index is -0.136. The van der Waals surface area contributed by atoms with Crippen molar-refractivity contribution in [2.75, 3.05) is 6.61 Å². The van der Waals surface area contributed by atoms with Crippen LogP contribution < -0.4 is 10.1 Å². The second kappa shape index (κ2) is 11.7. The van der Waals surface area contributed by atoms with Gasteiger partial charge in [0.25, 0.3) is 0 Å². The lowest BCUT2D eigenvalue weighted by molar-refractivity contribution is -0.116. The van der Waals surface area contributed by atoms with Crippen LogP contribution in [0.5, 0.6) is 5.75 Å². The quantitative estimate of drug-likeness (QED) is 0.207. The van der Waals surface area contributed by atoms with Crippen LogP contribution >= 0.6 is 0 Å². The van der Waals surface area contributed by atoms with Crippen LogP contribution in [-0.4, -0.2) is 22.1 Å². The molecule has 0 spiro atoms. The summed E-state index contributed by atoms with van der Waals surface area (Å²) in [6.07, 6.45) is 5.26. The zero-order valence-corrected chi connectivity index (χ0v) is 21.4. The van der Waals surface area contributed by atoms with Crippen molar-refractivity contribution in [2.24, 2.45) is 0 Å². The first kappa shape index (κ1) is 25.2. The number of fused-ring (bicyclic) bond motifs is 1. The average Bonchev–Trinajstić information content (AvgIpc) is 3.24. The summed E-state index contributed by atoms with van der Waals surface area (Å²) in [5.74, 6) is 1.63. The van der Waals surface area contributed by atoms with E-state index in [1.54, 1.807) is 6.08 Å². The van der Waals surface area contributed by atoms with Crippen molar-refractivity contribution in [1.82, 2.24) is 14.9 Å². The van der Waals surface area contributed by atoms with Gasteiger partial charge in [0.15, 0.2) is 0 Å². The molecule has 36 heavy (non-hydrogen) atoms. The number of carbonyl (C=O) groups is 1. The van der Waals surface area contributed by atoms with E-state index in [0.717, 1.165) is 47.6 Å². The van der Waals surface area contributed by atoms with Crippen LogP contribution in [0, 0.1) is 0 Å². The van der Waals surface area contributed by atoms with Gasteiger partial charge in [0.1, 0.15) is 11.6 Å². The summed E-state index contributed by atoms with van der Waals surface area (Å²) in [5, 5.41) is 2.97. The maximum atomic E-state index is 12.4. The number of hydrogen-bond donors (Lipinski definition) is 1. The number of ether oxygens (including phenoxy) is 1. The second-order valence-corrected chi connectivity index (χ2v) is 9.96. The Morgan fingerprint density at radius 3 is 2.42 bits per heavy atom. The number of nitrogens with one attached hydrogen (secondary N) is 1. The molecular formula is C31H35N3O2. The van der Waals surface area contributed by atoms with Gasteiger partial charge < -0.3 is 14.6 Å². The first-order chi connectivity index (χ1) is 17.4. The highest BCUT2D eigenvalue weighted by Gasteiger charge is 2.13. The molecule has 1 heterocycles. The number of benzene rings is 3. The number of aromatic nitrogens is 2. The van der Waals surface area contributed by atoms with Gasteiger partial charge in [-0.2, -0.15) is 0 Å². The predicted molar refractivity (Wildman–Crippen MR) is 147 cm³/mol. The van der Waals surface area contributed by atoms with Gasteiger partial charge in [-0.3, -0.25) is 4.79 Å². The molecule has 5 heteroatoms. The van der Waals surface area contributed by atoms with E-state index in [1.807, 2.05) is 54.6 Å². The highest BCUT2D eigenvalue weighted by Crippen LogP contribution is 2.24. The molecule has 186 valence electrons. The lowest BCUT2D eigenvalue weighted by atomic mass is 9.87. The van der Waals surface area contributed by atoms with Gasteiger partial charge in [-0.1, -0.05) is 75.4 Å². The van der Waals surface area contributed by atoms with Crippen molar-refractivity contribution < 1.29 is 9.53 Å². The van der Waals surface area contributed by atoms with Gasteiger partial charge in [-0.25, -0.2) is 4.98 Å². The van der Waals surface area contributed by atoms with Crippen LogP contribution in [0.25, 0.3) is 17.1 Å². The molecule has 0 bridgehead atoms. The third kappa shape index (κ3) is 6.85. The highest BCUT2D eigenvalue weighted by atomic mass is 16.5. The summed E-state index contributed by atoms with van der Waals surface area (Å²) in [6.45, 7) is 8.50. The number of nitrogens with zero attached hydrogens (tertiary/aromatic N) is 2. The smallest absolute Gasteiger partial charge is 0.244 e. The van der Waals surface area contributed by atoms with Crippen molar-refractivity contribution in [3.63, 3.8) is 0 Å². The van der Waals surface area contributed by atoms with E-state index in [2.05, 4.69) is 61.0 Å². The minimum Gasteiger partial charge on any atom is -0.494 e. The summed E-state index contributed by atoms with van der Waals surface area (Å²) in [4.78, 5) is 17.1. The third-order valence-electron chi connectivity index (χ3n) is 6.15. The Bertz CT molecular complexity index is 1300. The number of aryl methyl sites for hydroxylation is 1. The molecule has 1 amide bonds. The van der Waals surface area contributed by atoms with Crippen molar-refractivity contribution in [1.29, 1.82) is 0 Å². The normalized spacial score (nSPS) is 11.8. The van der Waals surface area contributed by atoms with Crippen LogP contribution in [0.1, 0.15) is 50.6 Å². The molecule has 4 aromatic rings. The summed E-state index contributed by atoms with van der Waals surface area (Å²) in [7, 11) is 0. The largest absolute Gasteiger partial charge is 0.494 e. The third-order valence-corrected chi connectivity index (χ3v) is 6.15. The second-order valence-electron chi connectivity index (χ2n) is 9.96. The van der Waals surface area contributed by atoms with E-state index in [9.17, 15) is 4.79 Å². The number of imidazole rings is 1. The van der Waals surface area contributed by atoms with Gasteiger partial charge in [-0.15, -0.1) is 0 Å². The summed E-state index contributed by atoms with van der Waals surface area (Å²) < 4.78 is 8.17. The van der Waals surface area contributed by atoms with Gasteiger partial charge in [0.2, 0.25) is 5.91 Å². The molecule has 0 aliphatic heterocycles. The Morgan fingerprint density at radius 2 is 1.67 bits per heavy atom. The predicted octanol–water partition coefficient (Wildman–Crippen LogP) is 6.52. The maximum Gasteiger partial charge on any atom is 0.244 e. The molecule has 0 fully saturated rings. The highest BCUT2D eigenvalue weighted by molar-refractivity contribution is 5.91. The average molecular weight is 482 g/mol. The van der Waals surface area contributed by atoms with E-state index in [4.69, 9.17) is 9.72 Å². The van der Waals surface area contributed by atoms with Crippen molar-refractivity contribution in [3.05, 3.63) is 102 Å². The van der Waals surface area contributed by atoms with Crippen LogP contribution in [0.3, 0.4) is 0 Å². The lowest BCUT2D eigenvalue weighted by Gasteiger charge is -2.19. The van der Waals surface area contributed by atoms with Crippen LogP contribution in [0.2, 0.25) is 0 Å². The standard InChI is InChI=1S/C31H35N3O2/c1-31(2,3)25-16-18-26(19-17-25)36-22-10-9-21-34-28-14-8-7-13-27(28)33-29(34)23-32-30(35)20-15-24-11-5-4-6-12-24/h4-8,11-20H,9-10,21-23H2,1-3H3,(H,32,35)/b20-15-. The zero-order valence-electron chi connectivity index (χ0n) is 21.4. The SMILES string of the molecule is CC(C)(C)c1ccc(OCCCCn2c(CNC(=O)/C=C\c3ccccc3)nc3ccccc32)cc1. The Morgan fingerprint density at radius 1 is 0.944 bits per heavy atom. The number of amides is 1. The molecule has 0 saturated heterocycles. The molecular weight excluding hydrogens is 446 g/mol. The van der Waals surface area contributed by atoms with Gasteiger partial charge in [0.05, 0.1) is 24.2 Å². The lowest BCUT2D eigenvalue weighted by Crippen LogP contribution is -2.22. The number of unbranched alkanes of at least 4 members (excludes halogenated alkanes) is 1. The van der Waals surface area contributed by atoms with E-state index >= 15 is 0 Å². The van der Waals surface area contributed by atoms with Crippen LogP contribution in [0.15, 0.2) is 84.9 Å². The van der Waals surface area contributed by atoms with Crippen molar-refractivity contribution in [2.45, 2.75) is 52.1 Å². The van der Waals surface area contributed by atoms with Gasteiger partial charge >= 0.3 is 0 Å². The number of carbonyl (C=O) groups excluding carboxylic acids is 1. The fraction of sp³-hybridized carbons (Fsp3) is 0.290. The zero-order chi connectivity index (χ0) is 25.4. The minimum absolute atomic E-state index is 0.136.